The van der Waals surface area contributed by atoms with Crippen molar-refractivity contribution < 1.29 is 0 Å². The molecule has 19 heavy (non-hydrogen) atoms. The molecule has 0 spiro atoms. The molecule has 2 fully saturated rings. The molecular weight excluding hydrogens is 256 g/mol. The summed E-state index contributed by atoms with van der Waals surface area (Å²) in [6, 6.07) is 8.55. The van der Waals surface area contributed by atoms with Crippen LogP contribution in [0.15, 0.2) is 18.2 Å². The molecule has 0 aromatic heterocycles. The molecule has 1 unspecified atom stereocenters. The second-order valence-corrected chi connectivity index (χ2v) is 6.16. The maximum atomic E-state index is 9.30. The Morgan fingerprint density at radius 2 is 1.95 bits per heavy atom. The maximum Gasteiger partial charge on any atom is 0.101 e. The van der Waals surface area contributed by atoms with Gasteiger partial charge in [0.15, 0.2) is 0 Å². The lowest BCUT2D eigenvalue weighted by molar-refractivity contribution is 0.430. The molecule has 1 saturated heterocycles. The van der Waals surface area contributed by atoms with E-state index in [1.807, 2.05) is 18.2 Å². The molecule has 0 radical (unpaired) electrons. The van der Waals surface area contributed by atoms with Crippen LogP contribution in [0.4, 0.5) is 5.69 Å². The van der Waals surface area contributed by atoms with E-state index in [2.05, 4.69) is 11.0 Å². The van der Waals surface area contributed by atoms with Gasteiger partial charge in [-0.05, 0) is 49.8 Å². The topological polar surface area (TPSA) is 27.0 Å². The summed E-state index contributed by atoms with van der Waals surface area (Å²) in [6.07, 6.45) is 7.94. The summed E-state index contributed by atoms with van der Waals surface area (Å²) in [4.78, 5) is 2.44. The number of rotatable bonds is 2. The van der Waals surface area contributed by atoms with Crippen LogP contribution < -0.4 is 4.90 Å². The van der Waals surface area contributed by atoms with Gasteiger partial charge in [0.05, 0.1) is 11.3 Å². The van der Waals surface area contributed by atoms with Crippen molar-refractivity contribution in [1.82, 2.24) is 0 Å². The minimum Gasteiger partial charge on any atom is -0.367 e. The van der Waals surface area contributed by atoms with Gasteiger partial charge in [-0.1, -0.05) is 24.4 Å². The molecule has 1 aliphatic heterocycles. The van der Waals surface area contributed by atoms with Gasteiger partial charge in [-0.25, -0.2) is 0 Å². The third-order valence-corrected chi connectivity index (χ3v) is 4.87. The summed E-state index contributed by atoms with van der Waals surface area (Å²) in [5.41, 5.74) is 1.80. The Morgan fingerprint density at radius 1 is 1.16 bits per heavy atom. The summed E-state index contributed by atoms with van der Waals surface area (Å²) in [5.74, 6) is 0.813. The van der Waals surface area contributed by atoms with Crippen LogP contribution in [0.1, 0.15) is 44.1 Å². The molecule has 100 valence electrons. The number of nitriles is 1. The molecular formula is C16H19ClN2. The van der Waals surface area contributed by atoms with Crippen molar-refractivity contribution in [1.29, 1.82) is 5.26 Å². The van der Waals surface area contributed by atoms with E-state index in [-0.39, 0.29) is 0 Å². The Morgan fingerprint density at radius 3 is 2.68 bits per heavy atom. The van der Waals surface area contributed by atoms with Crippen LogP contribution in [0.3, 0.4) is 0 Å². The average Bonchev–Trinajstić information content (AvgIpc) is 3.09. The molecule has 2 nitrogen and oxygen atoms in total. The molecule has 1 aromatic rings. The molecule has 3 rings (SSSR count). The predicted octanol–water partition coefficient (Wildman–Crippen LogP) is 4.37. The van der Waals surface area contributed by atoms with E-state index in [1.165, 1.54) is 38.5 Å². The van der Waals surface area contributed by atoms with Gasteiger partial charge in [0.2, 0.25) is 0 Å². The van der Waals surface area contributed by atoms with Crippen molar-refractivity contribution in [2.75, 3.05) is 11.4 Å². The zero-order chi connectivity index (χ0) is 13.2. The van der Waals surface area contributed by atoms with Gasteiger partial charge in [0, 0.05) is 17.6 Å². The van der Waals surface area contributed by atoms with E-state index in [9.17, 15) is 5.26 Å². The number of hydrogen-bond donors (Lipinski definition) is 0. The minimum atomic E-state index is 0.619. The Bertz CT molecular complexity index is 500. The van der Waals surface area contributed by atoms with Gasteiger partial charge in [-0.2, -0.15) is 5.26 Å². The first-order valence-electron chi connectivity index (χ1n) is 7.26. The summed E-state index contributed by atoms with van der Waals surface area (Å²) in [7, 11) is 0. The Balaban J connectivity index is 1.92. The lowest BCUT2D eigenvalue weighted by Gasteiger charge is -2.32. The smallest absolute Gasteiger partial charge is 0.101 e. The van der Waals surface area contributed by atoms with Crippen LogP contribution >= 0.6 is 11.6 Å². The van der Waals surface area contributed by atoms with Crippen LogP contribution in [0, 0.1) is 17.2 Å². The highest BCUT2D eigenvalue weighted by atomic mass is 35.5. The first-order chi connectivity index (χ1) is 9.29. The monoisotopic (exact) mass is 274 g/mol. The minimum absolute atomic E-state index is 0.619. The van der Waals surface area contributed by atoms with Gasteiger partial charge in [0.1, 0.15) is 6.07 Å². The van der Waals surface area contributed by atoms with Crippen LogP contribution in [-0.4, -0.2) is 12.6 Å². The van der Waals surface area contributed by atoms with Crippen molar-refractivity contribution in [3.05, 3.63) is 28.8 Å². The van der Waals surface area contributed by atoms with Crippen LogP contribution in [0.5, 0.6) is 0 Å². The Kier molecular flexibility index (Phi) is 3.66. The fourth-order valence-corrected chi connectivity index (χ4v) is 3.93. The summed E-state index contributed by atoms with van der Waals surface area (Å²) in [5, 5.41) is 10.0. The SMILES string of the molecule is N#Cc1ccc(Cl)cc1N1CCCC1C1CCCC1. The van der Waals surface area contributed by atoms with Gasteiger partial charge in [-0.3, -0.25) is 0 Å². The molecule has 1 aliphatic carbocycles. The summed E-state index contributed by atoms with van der Waals surface area (Å²) >= 11 is 6.12. The van der Waals surface area contributed by atoms with E-state index in [4.69, 9.17) is 11.6 Å². The van der Waals surface area contributed by atoms with E-state index in [0.717, 1.165) is 28.7 Å². The normalized spacial score (nSPS) is 23.8. The molecule has 0 amide bonds. The van der Waals surface area contributed by atoms with Crippen LogP contribution in [0.25, 0.3) is 0 Å². The molecule has 1 heterocycles. The Labute approximate surface area is 120 Å². The van der Waals surface area contributed by atoms with E-state index in [0.29, 0.717) is 6.04 Å². The number of hydrogen-bond acceptors (Lipinski definition) is 2. The predicted molar refractivity (Wildman–Crippen MR) is 78.5 cm³/mol. The zero-order valence-electron chi connectivity index (χ0n) is 11.1. The van der Waals surface area contributed by atoms with Crippen molar-refractivity contribution in [2.45, 2.75) is 44.6 Å². The lowest BCUT2D eigenvalue weighted by atomic mass is 9.95. The van der Waals surface area contributed by atoms with E-state index in [1.54, 1.807) is 0 Å². The Hall–Kier alpha value is -1.20. The number of anilines is 1. The fourth-order valence-electron chi connectivity index (χ4n) is 3.76. The first-order valence-corrected chi connectivity index (χ1v) is 7.63. The van der Waals surface area contributed by atoms with Crippen molar-refractivity contribution >= 4 is 17.3 Å². The molecule has 0 bridgehead atoms. The van der Waals surface area contributed by atoms with E-state index >= 15 is 0 Å². The van der Waals surface area contributed by atoms with Gasteiger partial charge >= 0.3 is 0 Å². The lowest BCUT2D eigenvalue weighted by Crippen LogP contribution is -2.35. The van der Waals surface area contributed by atoms with Crippen molar-refractivity contribution in [3.63, 3.8) is 0 Å². The molecule has 3 heteroatoms. The van der Waals surface area contributed by atoms with Crippen molar-refractivity contribution in [3.8, 4) is 6.07 Å². The van der Waals surface area contributed by atoms with Gasteiger partial charge < -0.3 is 4.90 Å². The largest absolute Gasteiger partial charge is 0.367 e. The highest BCUT2D eigenvalue weighted by molar-refractivity contribution is 6.30. The summed E-state index contributed by atoms with van der Waals surface area (Å²) in [6.45, 7) is 1.07. The molecule has 1 aromatic carbocycles. The van der Waals surface area contributed by atoms with Crippen LogP contribution in [-0.2, 0) is 0 Å². The average molecular weight is 275 g/mol. The van der Waals surface area contributed by atoms with E-state index < -0.39 is 0 Å². The first kappa shape index (κ1) is 12.8. The number of benzene rings is 1. The molecule has 2 aliphatic rings. The quantitative estimate of drug-likeness (QED) is 0.801. The molecule has 1 atom stereocenters. The maximum absolute atomic E-state index is 9.30. The second kappa shape index (κ2) is 5.43. The highest BCUT2D eigenvalue weighted by Crippen LogP contribution is 2.39. The second-order valence-electron chi connectivity index (χ2n) is 5.72. The summed E-state index contributed by atoms with van der Waals surface area (Å²) < 4.78 is 0. The van der Waals surface area contributed by atoms with Crippen molar-refractivity contribution in [2.24, 2.45) is 5.92 Å². The fraction of sp³-hybridized carbons (Fsp3) is 0.562. The highest BCUT2D eigenvalue weighted by Gasteiger charge is 2.34. The molecule has 0 N–H and O–H groups in total. The van der Waals surface area contributed by atoms with Crippen LogP contribution in [0.2, 0.25) is 5.02 Å². The van der Waals surface area contributed by atoms with Gasteiger partial charge in [-0.15, -0.1) is 0 Å². The number of nitrogens with zero attached hydrogens (tertiary/aromatic N) is 2. The standard InChI is InChI=1S/C16H19ClN2/c17-14-8-7-13(11-18)16(10-14)19-9-3-6-15(19)12-4-1-2-5-12/h7-8,10,12,15H,1-6,9H2. The molecule has 1 saturated carbocycles. The third kappa shape index (κ3) is 2.44. The zero-order valence-corrected chi connectivity index (χ0v) is 11.9. The third-order valence-electron chi connectivity index (χ3n) is 4.63. The number of halogens is 1. The van der Waals surface area contributed by atoms with Gasteiger partial charge in [0.25, 0.3) is 0 Å².